The number of pyridine rings is 1. The van der Waals surface area contributed by atoms with Gasteiger partial charge in [0.2, 0.25) is 0 Å². The predicted octanol–water partition coefficient (Wildman–Crippen LogP) is 16.9. The molecule has 0 atom stereocenters. The summed E-state index contributed by atoms with van der Waals surface area (Å²) in [5.74, 6) is 1.97. The van der Waals surface area contributed by atoms with Gasteiger partial charge in [0, 0.05) is 23.0 Å². The van der Waals surface area contributed by atoms with Crippen molar-refractivity contribution in [2.24, 2.45) is 0 Å². The van der Waals surface area contributed by atoms with Crippen molar-refractivity contribution in [3.05, 3.63) is 211 Å². The molecule has 0 unspecified atom stereocenters. The summed E-state index contributed by atoms with van der Waals surface area (Å²) >= 11 is 0. The fraction of sp³-hybridized carbons (Fsp3) is 0.182. The Balaban J connectivity index is 1.13. The number of imidazole rings is 1. The number of hydrogen-bond donors (Lipinski definition) is 0. The number of rotatable bonds is 5. The minimum absolute atomic E-state index is 0.0149. The minimum Gasteiger partial charge on any atom is -0.458 e. The van der Waals surface area contributed by atoms with Gasteiger partial charge in [0.25, 0.3) is 6.33 Å². The van der Waals surface area contributed by atoms with Crippen molar-refractivity contribution in [1.29, 1.82) is 0 Å². The standard InChI is InChI=1S/C66H58N4O/c1-64(2,3)43-33-34-67-61(38-43)70-58-29-15-14-25-54(58)55-32-31-48(40-60(55)70)71-47-20-16-19-46(39-47)68-41-69-62-49(42-35-44(65(4,5)6)37-45(36-42)66(7,8)9)26-17-27-56(62)52-23-12-10-21-50(52)51-22-11-13-24-53(51)57-28-18-30-59(68)63(57)69/h10-40H,1-9H3/i10D,11D,12D,13D,21D,22D,23D,24D. The van der Waals surface area contributed by atoms with Crippen molar-refractivity contribution in [2.45, 2.75) is 78.6 Å². The number of ether oxygens (including phenoxy) is 1. The lowest BCUT2D eigenvalue weighted by atomic mass is 9.78. The van der Waals surface area contributed by atoms with E-state index in [1.165, 1.54) is 5.56 Å². The molecule has 8 aromatic carbocycles. The van der Waals surface area contributed by atoms with Crippen LogP contribution in [0.3, 0.4) is 0 Å². The van der Waals surface area contributed by atoms with Gasteiger partial charge in [-0.15, -0.1) is 0 Å². The van der Waals surface area contributed by atoms with E-state index in [1.807, 2.05) is 100 Å². The van der Waals surface area contributed by atoms with Crippen LogP contribution < -0.4 is 9.30 Å². The number of aromatic nitrogens is 4. The van der Waals surface area contributed by atoms with E-state index >= 15 is 0 Å². The molecule has 71 heavy (non-hydrogen) atoms. The first-order valence-electron chi connectivity index (χ1n) is 28.2. The molecule has 4 heterocycles. The Bertz CT molecular complexity index is 4370. The van der Waals surface area contributed by atoms with E-state index in [2.05, 4.69) is 122 Å². The Morgan fingerprint density at radius 3 is 1.77 bits per heavy atom. The van der Waals surface area contributed by atoms with Crippen molar-refractivity contribution in [3.63, 3.8) is 0 Å². The van der Waals surface area contributed by atoms with Crippen LogP contribution in [0.1, 0.15) is 90.0 Å². The Hall–Kier alpha value is -8.02. The van der Waals surface area contributed by atoms with E-state index in [0.717, 1.165) is 49.9 Å². The minimum atomic E-state index is -0.517. The van der Waals surface area contributed by atoms with Crippen molar-refractivity contribution in [2.75, 3.05) is 0 Å². The van der Waals surface area contributed by atoms with Crippen LogP contribution in [0.25, 0.3) is 94.5 Å². The predicted molar refractivity (Wildman–Crippen MR) is 294 cm³/mol. The van der Waals surface area contributed by atoms with Crippen LogP contribution in [0.5, 0.6) is 11.5 Å². The quantitative estimate of drug-likeness (QED) is 0.127. The molecule has 0 fully saturated rings. The van der Waals surface area contributed by atoms with Crippen molar-refractivity contribution >= 4 is 32.8 Å². The zero-order valence-electron chi connectivity index (χ0n) is 49.5. The molecule has 12 rings (SSSR count). The molecule has 1 aliphatic rings. The molecule has 348 valence electrons. The fourth-order valence-corrected chi connectivity index (χ4v) is 10.1. The molecule has 0 N–H and O–H groups in total. The topological polar surface area (TPSA) is 35.9 Å². The van der Waals surface area contributed by atoms with Gasteiger partial charge in [0.1, 0.15) is 17.3 Å². The molecule has 11 aromatic rings. The Labute approximate surface area is 428 Å². The Morgan fingerprint density at radius 1 is 0.493 bits per heavy atom. The maximum Gasteiger partial charge on any atom is 0.269 e. The van der Waals surface area contributed by atoms with Gasteiger partial charge in [0.15, 0.2) is 0 Å². The average molecular weight is 931 g/mol. The largest absolute Gasteiger partial charge is 0.458 e. The van der Waals surface area contributed by atoms with Crippen molar-refractivity contribution < 1.29 is 20.3 Å². The third-order valence-electron chi connectivity index (χ3n) is 13.9. The summed E-state index contributed by atoms with van der Waals surface area (Å²) in [6, 6.07) is 40.9. The molecule has 0 aliphatic carbocycles. The van der Waals surface area contributed by atoms with Crippen LogP contribution in [0.15, 0.2) is 188 Å². The summed E-state index contributed by atoms with van der Waals surface area (Å²) in [7, 11) is 0. The maximum absolute atomic E-state index is 9.75. The maximum atomic E-state index is 9.75. The number of hydrogen-bond acceptors (Lipinski definition) is 2. The highest BCUT2D eigenvalue weighted by Gasteiger charge is 2.28. The average Bonchev–Trinajstić information content (AvgIpc) is 4.24. The van der Waals surface area contributed by atoms with E-state index in [0.29, 0.717) is 45.0 Å². The normalized spacial score (nSPS) is 14.2. The molecule has 0 bridgehead atoms. The van der Waals surface area contributed by atoms with Crippen LogP contribution in [-0.2, 0) is 16.2 Å². The second-order valence-corrected chi connectivity index (χ2v) is 21.7. The Kier molecular flexibility index (Phi) is 8.25. The third-order valence-corrected chi connectivity index (χ3v) is 13.9. The second kappa shape index (κ2) is 16.3. The first-order chi connectivity index (χ1) is 37.4. The zero-order chi connectivity index (χ0) is 55.9. The van der Waals surface area contributed by atoms with Crippen LogP contribution in [0, 0.1) is 6.33 Å². The first-order valence-corrected chi connectivity index (χ1v) is 24.2. The molecule has 0 radical (unpaired) electrons. The second-order valence-electron chi connectivity index (χ2n) is 21.7. The number of fused-ring (bicyclic) bond motifs is 10. The summed E-state index contributed by atoms with van der Waals surface area (Å²) < 4.78 is 87.8. The molecule has 1 aliphatic heterocycles. The fourth-order valence-electron chi connectivity index (χ4n) is 10.1. The molecular formula is C66H58N4O. The molecular weight excluding hydrogens is 865 g/mol. The van der Waals surface area contributed by atoms with Gasteiger partial charge in [-0.2, -0.15) is 0 Å². The van der Waals surface area contributed by atoms with Crippen LogP contribution in [0.2, 0.25) is 0 Å². The molecule has 0 saturated carbocycles. The molecule has 0 amide bonds. The van der Waals surface area contributed by atoms with Gasteiger partial charge < -0.3 is 4.74 Å². The molecule has 5 nitrogen and oxygen atoms in total. The van der Waals surface area contributed by atoms with Crippen LogP contribution in [-0.4, -0.2) is 14.1 Å². The van der Waals surface area contributed by atoms with Gasteiger partial charge in [0.05, 0.1) is 44.4 Å². The SMILES string of the molecule is [2H]c1c([2H])c([2H])c2c(c1[2H])-c1cccc(-c3cc(C(C)(C)C)cc(C(C)(C)C)c3)c1-[n+]1[c-]n(-c3cccc(Oc4ccc5c6ccccc6n(-c6cc(C(C)(C)C)ccn6)c5c4)c3)c3cccc(c31)-c1c([2H])c([2H])c([2H])c([2H])c1-2. The van der Waals surface area contributed by atoms with Gasteiger partial charge >= 0.3 is 0 Å². The third kappa shape index (κ3) is 7.54. The van der Waals surface area contributed by atoms with E-state index in [-0.39, 0.29) is 50.6 Å². The lowest BCUT2D eigenvalue weighted by molar-refractivity contribution is -0.570. The van der Waals surface area contributed by atoms with Crippen molar-refractivity contribution in [1.82, 2.24) is 14.1 Å². The summed E-state index contributed by atoms with van der Waals surface area (Å²) in [5.41, 5.74) is 9.81. The van der Waals surface area contributed by atoms with E-state index < -0.39 is 36.3 Å². The highest BCUT2D eigenvalue weighted by molar-refractivity contribution is 6.09. The van der Waals surface area contributed by atoms with E-state index in [1.54, 1.807) is 0 Å². The molecule has 5 heteroatoms. The van der Waals surface area contributed by atoms with Gasteiger partial charge in [-0.3, -0.25) is 13.7 Å². The Morgan fingerprint density at radius 2 is 1.07 bits per heavy atom. The molecule has 3 aromatic heterocycles. The van der Waals surface area contributed by atoms with E-state index in [9.17, 15) is 5.48 Å². The number of para-hydroxylation sites is 3. The smallest absolute Gasteiger partial charge is 0.269 e. The first kappa shape index (κ1) is 36.0. The monoisotopic (exact) mass is 931 g/mol. The van der Waals surface area contributed by atoms with Gasteiger partial charge in [-0.25, -0.2) is 4.98 Å². The van der Waals surface area contributed by atoms with Gasteiger partial charge in [-0.1, -0.05) is 190 Å². The highest BCUT2D eigenvalue weighted by atomic mass is 16.5. The lowest BCUT2D eigenvalue weighted by Gasteiger charge is -2.27. The number of nitrogens with zero attached hydrogens (tertiary/aromatic N) is 4. The highest BCUT2D eigenvalue weighted by Crippen LogP contribution is 2.46. The summed E-state index contributed by atoms with van der Waals surface area (Å²) in [5, 5.41) is 2.16. The summed E-state index contributed by atoms with van der Waals surface area (Å²) in [4.78, 5) is 4.88. The van der Waals surface area contributed by atoms with Crippen LogP contribution in [0.4, 0.5) is 0 Å². The summed E-state index contributed by atoms with van der Waals surface area (Å²) in [6.45, 7) is 19.7. The molecule has 0 spiro atoms. The lowest BCUT2D eigenvalue weighted by Crippen LogP contribution is -2.32. The zero-order valence-corrected chi connectivity index (χ0v) is 41.5. The van der Waals surface area contributed by atoms with Crippen LogP contribution >= 0.6 is 0 Å². The molecule has 0 saturated heterocycles. The van der Waals surface area contributed by atoms with E-state index in [4.69, 9.17) is 15.2 Å². The van der Waals surface area contributed by atoms with Crippen molar-refractivity contribution in [3.8, 4) is 73.2 Å². The number of benzene rings is 8. The van der Waals surface area contributed by atoms with Gasteiger partial charge in [-0.05, 0) is 126 Å². The summed E-state index contributed by atoms with van der Waals surface area (Å²) in [6.07, 6.45) is 5.60.